The van der Waals surface area contributed by atoms with Crippen LogP contribution in [0.25, 0.3) is 0 Å². The number of nitrogen functional groups attached to an aromatic ring is 1. The molecule has 19 heavy (non-hydrogen) atoms. The number of hydrogen-bond donors (Lipinski definition) is 1. The van der Waals surface area contributed by atoms with Gasteiger partial charge in [0.2, 0.25) is 0 Å². The molecule has 0 aliphatic carbocycles. The number of rotatable bonds is 9. The van der Waals surface area contributed by atoms with Crippen molar-refractivity contribution in [2.24, 2.45) is 0 Å². The van der Waals surface area contributed by atoms with E-state index in [0.717, 1.165) is 17.7 Å². The zero-order valence-electron chi connectivity index (χ0n) is 12.0. The molecule has 1 unspecified atom stereocenters. The topological polar surface area (TPSA) is 52.3 Å². The number of ether oxygens (including phenoxy) is 1. The highest BCUT2D eigenvalue weighted by atomic mass is 32.2. The summed E-state index contributed by atoms with van der Waals surface area (Å²) in [6, 6.07) is 5.31. The summed E-state index contributed by atoms with van der Waals surface area (Å²) in [5, 5.41) is 0. The molecule has 0 aliphatic rings. The highest BCUT2D eigenvalue weighted by Crippen LogP contribution is 2.25. The lowest BCUT2D eigenvalue weighted by atomic mass is 10.1. The van der Waals surface area contributed by atoms with Gasteiger partial charge in [0.15, 0.2) is 0 Å². The van der Waals surface area contributed by atoms with Crippen molar-refractivity contribution in [2.45, 2.75) is 50.3 Å². The predicted molar refractivity (Wildman–Crippen MR) is 82.1 cm³/mol. The molecule has 1 aromatic carbocycles. The first-order valence-electron chi connectivity index (χ1n) is 7.01. The summed E-state index contributed by atoms with van der Waals surface area (Å²) in [4.78, 5) is 0.755. The van der Waals surface area contributed by atoms with Gasteiger partial charge < -0.3 is 10.5 Å². The zero-order chi connectivity index (χ0) is 14.1. The van der Waals surface area contributed by atoms with E-state index in [4.69, 9.17) is 10.5 Å². The monoisotopic (exact) mass is 283 g/mol. The van der Waals surface area contributed by atoms with Crippen molar-refractivity contribution in [3.05, 3.63) is 18.2 Å². The third-order valence-corrected chi connectivity index (χ3v) is 4.60. The average molecular weight is 283 g/mol. The Hall–Kier alpha value is -1.03. The zero-order valence-corrected chi connectivity index (χ0v) is 12.8. The molecule has 0 spiro atoms. The highest BCUT2D eigenvalue weighted by molar-refractivity contribution is 7.85. The van der Waals surface area contributed by atoms with Gasteiger partial charge in [-0.25, -0.2) is 0 Å². The molecule has 0 amide bonds. The molecule has 0 aliphatic heterocycles. The molecule has 1 rings (SSSR count). The molecular weight excluding hydrogens is 258 g/mol. The van der Waals surface area contributed by atoms with Gasteiger partial charge in [-0.05, 0) is 18.6 Å². The Morgan fingerprint density at radius 1 is 1.16 bits per heavy atom. The molecule has 108 valence electrons. The Morgan fingerprint density at radius 3 is 2.53 bits per heavy atom. The number of unbranched alkanes of at least 4 members (excludes halogenated alkanes) is 5. The van der Waals surface area contributed by atoms with E-state index in [0.29, 0.717) is 17.2 Å². The second-order valence-electron chi connectivity index (χ2n) is 4.73. The van der Waals surface area contributed by atoms with Crippen molar-refractivity contribution < 1.29 is 8.95 Å². The molecule has 4 heteroatoms. The van der Waals surface area contributed by atoms with E-state index in [-0.39, 0.29) is 0 Å². The van der Waals surface area contributed by atoms with Crippen LogP contribution in [0.2, 0.25) is 0 Å². The summed E-state index contributed by atoms with van der Waals surface area (Å²) in [6.07, 6.45) is 7.24. The Bertz CT molecular complexity index is 407. The van der Waals surface area contributed by atoms with Crippen LogP contribution in [-0.4, -0.2) is 17.1 Å². The molecule has 0 aromatic heterocycles. The molecular formula is C15H25NO2S. The average Bonchev–Trinajstić information content (AvgIpc) is 2.42. The van der Waals surface area contributed by atoms with Gasteiger partial charge in [-0.2, -0.15) is 0 Å². The molecule has 0 saturated heterocycles. The normalized spacial score (nSPS) is 12.3. The minimum Gasteiger partial charge on any atom is -0.495 e. The van der Waals surface area contributed by atoms with Crippen molar-refractivity contribution in [1.29, 1.82) is 0 Å². The summed E-state index contributed by atoms with van der Waals surface area (Å²) in [7, 11) is 0.593. The molecule has 0 heterocycles. The second-order valence-corrected chi connectivity index (χ2v) is 6.27. The van der Waals surface area contributed by atoms with Gasteiger partial charge >= 0.3 is 0 Å². The molecule has 1 atom stereocenters. The van der Waals surface area contributed by atoms with Crippen LogP contribution in [0.15, 0.2) is 23.1 Å². The van der Waals surface area contributed by atoms with Crippen molar-refractivity contribution in [2.75, 3.05) is 18.6 Å². The fourth-order valence-corrected chi connectivity index (χ4v) is 3.27. The molecule has 1 aromatic rings. The number of nitrogens with two attached hydrogens (primary N) is 1. The van der Waals surface area contributed by atoms with Crippen LogP contribution in [-0.2, 0) is 10.8 Å². The summed E-state index contributed by atoms with van der Waals surface area (Å²) in [5.74, 6) is 1.33. The Labute approximate surface area is 119 Å². The van der Waals surface area contributed by atoms with Gasteiger partial charge in [-0.3, -0.25) is 4.21 Å². The van der Waals surface area contributed by atoms with E-state index >= 15 is 0 Å². The van der Waals surface area contributed by atoms with Gasteiger partial charge in [-0.1, -0.05) is 39.0 Å². The molecule has 2 N–H and O–H groups in total. The van der Waals surface area contributed by atoms with Gasteiger partial charge in [0.25, 0.3) is 0 Å². The largest absolute Gasteiger partial charge is 0.495 e. The van der Waals surface area contributed by atoms with E-state index in [9.17, 15) is 4.21 Å². The van der Waals surface area contributed by atoms with E-state index in [1.165, 1.54) is 25.7 Å². The van der Waals surface area contributed by atoms with Gasteiger partial charge in [0.1, 0.15) is 5.75 Å². The van der Waals surface area contributed by atoms with Crippen LogP contribution in [0.1, 0.15) is 45.4 Å². The summed E-state index contributed by atoms with van der Waals surface area (Å²) >= 11 is 0. The van der Waals surface area contributed by atoms with Gasteiger partial charge in [0.05, 0.1) is 22.8 Å². The minimum absolute atomic E-state index is 0.629. The van der Waals surface area contributed by atoms with Gasteiger partial charge in [-0.15, -0.1) is 0 Å². The van der Waals surface area contributed by atoms with Crippen LogP contribution >= 0.6 is 0 Å². The summed E-state index contributed by atoms with van der Waals surface area (Å²) in [6.45, 7) is 2.21. The standard InChI is InChI=1S/C15H25NO2S/c1-3-4-5-6-7-8-11-19(17)15-10-9-13(16)12-14(15)18-2/h9-10,12H,3-8,11,16H2,1-2H3. The number of methoxy groups -OCH3 is 1. The Kier molecular flexibility index (Phi) is 7.56. The molecule has 3 nitrogen and oxygen atoms in total. The minimum atomic E-state index is -0.991. The lowest BCUT2D eigenvalue weighted by Crippen LogP contribution is -2.02. The third-order valence-electron chi connectivity index (χ3n) is 3.12. The first kappa shape index (κ1) is 16.0. The van der Waals surface area contributed by atoms with E-state index < -0.39 is 10.8 Å². The van der Waals surface area contributed by atoms with Crippen LogP contribution in [0, 0.1) is 0 Å². The third kappa shape index (κ3) is 5.64. The Balaban J connectivity index is 2.41. The molecule has 0 bridgehead atoms. The Morgan fingerprint density at radius 2 is 1.84 bits per heavy atom. The van der Waals surface area contributed by atoms with Crippen LogP contribution in [0.5, 0.6) is 5.75 Å². The second kappa shape index (κ2) is 8.97. The van der Waals surface area contributed by atoms with E-state index in [1.54, 1.807) is 25.3 Å². The fourth-order valence-electron chi connectivity index (χ4n) is 2.00. The number of hydrogen-bond acceptors (Lipinski definition) is 3. The van der Waals surface area contributed by atoms with Crippen LogP contribution < -0.4 is 10.5 Å². The molecule has 0 saturated carbocycles. The fraction of sp³-hybridized carbons (Fsp3) is 0.600. The van der Waals surface area contributed by atoms with E-state index in [1.807, 2.05) is 0 Å². The van der Waals surface area contributed by atoms with Crippen molar-refractivity contribution in [3.63, 3.8) is 0 Å². The maximum absolute atomic E-state index is 12.2. The lowest BCUT2D eigenvalue weighted by molar-refractivity contribution is 0.404. The summed E-state index contributed by atoms with van der Waals surface area (Å²) < 4.78 is 17.4. The smallest absolute Gasteiger partial charge is 0.137 e. The van der Waals surface area contributed by atoms with Crippen molar-refractivity contribution in [3.8, 4) is 5.75 Å². The van der Waals surface area contributed by atoms with Gasteiger partial charge in [0, 0.05) is 17.5 Å². The van der Waals surface area contributed by atoms with E-state index in [2.05, 4.69) is 6.92 Å². The highest BCUT2D eigenvalue weighted by Gasteiger charge is 2.10. The number of anilines is 1. The predicted octanol–water partition coefficient (Wildman–Crippen LogP) is 3.75. The molecule has 0 fully saturated rings. The summed E-state index contributed by atoms with van der Waals surface area (Å²) in [5.41, 5.74) is 6.33. The van der Waals surface area contributed by atoms with Crippen molar-refractivity contribution in [1.82, 2.24) is 0 Å². The lowest BCUT2D eigenvalue weighted by Gasteiger charge is -2.09. The maximum atomic E-state index is 12.2. The molecule has 0 radical (unpaired) electrons. The quantitative estimate of drug-likeness (QED) is 0.555. The number of benzene rings is 1. The first-order chi connectivity index (χ1) is 9.19. The first-order valence-corrected chi connectivity index (χ1v) is 8.32. The van der Waals surface area contributed by atoms with Crippen molar-refractivity contribution >= 4 is 16.5 Å². The van der Waals surface area contributed by atoms with Crippen LogP contribution in [0.4, 0.5) is 5.69 Å². The van der Waals surface area contributed by atoms with Crippen LogP contribution in [0.3, 0.4) is 0 Å². The SMILES string of the molecule is CCCCCCCCS(=O)c1ccc(N)cc1OC. The maximum Gasteiger partial charge on any atom is 0.137 e.